The van der Waals surface area contributed by atoms with Crippen LogP contribution in [0.5, 0.6) is 0 Å². The van der Waals surface area contributed by atoms with Gasteiger partial charge in [-0.15, -0.1) is 17.0 Å². The van der Waals surface area contributed by atoms with Crippen LogP contribution in [-0.4, -0.2) is 24.8 Å². The molecule has 0 aliphatic heterocycles. The number of alkyl halides is 3. The van der Waals surface area contributed by atoms with E-state index in [1.807, 2.05) is 30.5 Å². The minimum atomic E-state index is -4.40. The highest BCUT2D eigenvalue weighted by Crippen LogP contribution is 2.35. The van der Waals surface area contributed by atoms with Crippen LogP contribution in [0.25, 0.3) is 11.0 Å². The van der Waals surface area contributed by atoms with Crippen LogP contribution in [0, 0.1) is 0 Å². The standard InChI is InChI=1S/C32H31F3N6.BrH/c33-32(34,35)25-13-14-27-28(17-25)40-30(39-27)21-41(29-8-3-5-24-6-4-16-38-31(24)29)20-23-11-9-22(10-12-23)18-36-19-26-7-1-2-15-37-26;/h1-2,4,6-7,9-17,29,36H,3,5,8,18-21H2,(H,39,40);1H. The molecule has 6 rings (SSSR count). The van der Waals surface area contributed by atoms with Crippen molar-refractivity contribution < 1.29 is 13.2 Å². The molecule has 1 atom stereocenters. The molecule has 0 radical (unpaired) electrons. The molecule has 218 valence electrons. The summed E-state index contributed by atoms with van der Waals surface area (Å²) in [6, 6.07) is 22.3. The van der Waals surface area contributed by atoms with Crippen LogP contribution in [0.1, 0.15) is 58.3 Å². The Morgan fingerprint density at radius 3 is 2.48 bits per heavy atom. The first-order chi connectivity index (χ1) is 19.9. The zero-order chi connectivity index (χ0) is 28.2. The number of pyridine rings is 2. The lowest BCUT2D eigenvalue weighted by atomic mass is 9.90. The lowest BCUT2D eigenvalue weighted by molar-refractivity contribution is -0.137. The number of hydrogen-bond donors (Lipinski definition) is 2. The molecule has 0 fully saturated rings. The van der Waals surface area contributed by atoms with Crippen molar-refractivity contribution in [1.29, 1.82) is 0 Å². The summed E-state index contributed by atoms with van der Waals surface area (Å²) >= 11 is 0. The number of imidazole rings is 1. The topological polar surface area (TPSA) is 69.7 Å². The fourth-order valence-corrected chi connectivity index (χ4v) is 5.56. The van der Waals surface area contributed by atoms with Crippen molar-refractivity contribution in [1.82, 2.24) is 30.2 Å². The van der Waals surface area contributed by atoms with Crippen LogP contribution in [0.4, 0.5) is 13.2 Å². The van der Waals surface area contributed by atoms with Crippen LogP contribution >= 0.6 is 17.0 Å². The lowest BCUT2D eigenvalue weighted by Crippen LogP contribution is -2.31. The molecule has 1 unspecified atom stereocenters. The van der Waals surface area contributed by atoms with Gasteiger partial charge < -0.3 is 10.3 Å². The van der Waals surface area contributed by atoms with E-state index in [1.54, 1.807) is 6.20 Å². The maximum absolute atomic E-state index is 13.3. The zero-order valence-corrected chi connectivity index (χ0v) is 24.7. The summed E-state index contributed by atoms with van der Waals surface area (Å²) in [5.74, 6) is 0.637. The van der Waals surface area contributed by atoms with E-state index < -0.39 is 11.7 Å². The van der Waals surface area contributed by atoms with E-state index in [9.17, 15) is 13.2 Å². The van der Waals surface area contributed by atoms with Gasteiger partial charge in [0, 0.05) is 32.0 Å². The van der Waals surface area contributed by atoms with Gasteiger partial charge in [-0.2, -0.15) is 13.2 Å². The van der Waals surface area contributed by atoms with Crippen molar-refractivity contribution in [3.63, 3.8) is 0 Å². The Labute approximate surface area is 253 Å². The van der Waals surface area contributed by atoms with Crippen LogP contribution < -0.4 is 5.32 Å². The SMILES string of the molecule is Br.FC(F)(F)c1ccc2nc(CN(Cc3ccc(CNCc4ccccn4)cc3)C3CCCc4cccnc43)[nH]c2c1. The first-order valence-electron chi connectivity index (χ1n) is 13.8. The molecule has 0 bridgehead atoms. The lowest BCUT2D eigenvalue weighted by Gasteiger charge is -2.34. The van der Waals surface area contributed by atoms with Crippen molar-refractivity contribution in [2.24, 2.45) is 0 Å². The maximum atomic E-state index is 13.3. The molecule has 1 aliphatic carbocycles. The largest absolute Gasteiger partial charge is 0.416 e. The maximum Gasteiger partial charge on any atom is 0.416 e. The number of fused-ring (bicyclic) bond motifs is 2. The predicted octanol–water partition coefficient (Wildman–Crippen LogP) is 7.32. The van der Waals surface area contributed by atoms with Gasteiger partial charge in [0.1, 0.15) is 5.82 Å². The first-order valence-corrected chi connectivity index (χ1v) is 13.8. The molecular formula is C32H32BrF3N6. The zero-order valence-electron chi connectivity index (χ0n) is 22.9. The minimum absolute atomic E-state index is 0. The van der Waals surface area contributed by atoms with Gasteiger partial charge in [0.25, 0.3) is 0 Å². The van der Waals surface area contributed by atoms with Gasteiger partial charge in [0.2, 0.25) is 0 Å². The summed E-state index contributed by atoms with van der Waals surface area (Å²) in [7, 11) is 0. The van der Waals surface area contributed by atoms with Crippen molar-refractivity contribution >= 4 is 28.0 Å². The van der Waals surface area contributed by atoms with Gasteiger partial charge >= 0.3 is 6.18 Å². The first kappa shape index (κ1) is 29.9. The number of aromatic nitrogens is 4. The van der Waals surface area contributed by atoms with Gasteiger partial charge in [-0.3, -0.25) is 14.9 Å². The van der Waals surface area contributed by atoms with Crippen LogP contribution in [0.15, 0.2) is 85.2 Å². The fraction of sp³-hybridized carbons (Fsp3) is 0.281. The van der Waals surface area contributed by atoms with Crippen LogP contribution in [-0.2, 0) is 38.8 Å². The van der Waals surface area contributed by atoms with Crippen LogP contribution in [0.2, 0.25) is 0 Å². The summed E-state index contributed by atoms with van der Waals surface area (Å²) in [5.41, 5.74) is 5.89. The van der Waals surface area contributed by atoms with Gasteiger partial charge in [0.05, 0.1) is 40.6 Å². The molecule has 0 saturated carbocycles. The molecule has 3 heterocycles. The molecule has 10 heteroatoms. The summed E-state index contributed by atoms with van der Waals surface area (Å²) in [4.78, 5) is 19.2. The molecule has 5 aromatic rings. The molecule has 0 amide bonds. The van der Waals surface area contributed by atoms with Crippen molar-refractivity contribution in [2.45, 2.75) is 57.7 Å². The number of nitrogens with zero attached hydrogens (tertiary/aromatic N) is 4. The Kier molecular flexibility index (Phi) is 9.35. The van der Waals surface area contributed by atoms with E-state index in [0.717, 1.165) is 54.9 Å². The Bertz CT molecular complexity index is 1600. The normalized spacial score (nSPS) is 15.0. The Hall–Kier alpha value is -3.60. The molecule has 6 nitrogen and oxygen atoms in total. The molecule has 2 N–H and O–H groups in total. The second-order valence-electron chi connectivity index (χ2n) is 10.5. The number of hydrogen-bond acceptors (Lipinski definition) is 5. The number of aryl methyl sites for hydroxylation is 1. The Morgan fingerprint density at radius 1 is 0.881 bits per heavy atom. The monoisotopic (exact) mass is 636 g/mol. The Morgan fingerprint density at radius 2 is 1.69 bits per heavy atom. The molecule has 2 aromatic carbocycles. The van der Waals surface area contributed by atoms with E-state index in [4.69, 9.17) is 4.98 Å². The molecule has 0 spiro atoms. The molecule has 0 saturated heterocycles. The highest BCUT2D eigenvalue weighted by molar-refractivity contribution is 8.93. The van der Waals surface area contributed by atoms with Crippen molar-refractivity contribution in [3.8, 4) is 0 Å². The van der Waals surface area contributed by atoms with E-state index in [2.05, 4.69) is 55.5 Å². The third-order valence-corrected chi connectivity index (χ3v) is 7.59. The minimum Gasteiger partial charge on any atom is -0.341 e. The van der Waals surface area contributed by atoms with Gasteiger partial charge in [-0.05, 0) is 72.4 Å². The summed E-state index contributed by atoms with van der Waals surface area (Å²) < 4.78 is 39.8. The van der Waals surface area contributed by atoms with E-state index in [1.165, 1.54) is 17.2 Å². The predicted molar refractivity (Wildman–Crippen MR) is 162 cm³/mol. The number of aromatic amines is 1. The highest BCUT2D eigenvalue weighted by atomic mass is 79.9. The summed E-state index contributed by atoms with van der Waals surface area (Å²) in [6.45, 7) is 2.56. The van der Waals surface area contributed by atoms with Crippen molar-refractivity contribution in [2.75, 3.05) is 0 Å². The number of rotatable bonds is 9. The number of benzene rings is 2. The number of nitrogens with one attached hydrogen (secondary N) is 2. The molecular weight excluding hydrogens is 605 g/mol. The van der Waals surface area contributed by atoms with Crippen LogP contribution in [0.3, 0.4) is 0 Å². The number of H-pyrrole nitrogens is 1. The molecule has 42 heavy (non-hydrogen) atoms. The second-order valence-corrected chi connectivity index (χ2v) is 10.5. The van der Waals surface area contributed by atoms with Gasteiger partial charge in [-0.1, -0.05) is 36.4 Å². The molecule has 3 aromatic heterocycles. The second kappa shape index (κ2) is 13.1. The third kappa shape index (κ3) is 7.06. The van der Waals surface area contributed by atoms with Gasteiger partial charge in [-0.25, -0.2) is 4.98 Å². The quantitative estimate of drug-likeness (QED) is 0.177. The van der Waals surface area contributed by atoms with Crippen molar-refractivity contribution in [3.05, 3.63) is 125 Å². The Balaban J connectivity index is 0.00000353. The summed E-state index contributed by atoms with van der Waals surface area (Å²) in [6.07, 6.45) is 2.24. The average molecular weight is 638 g/mol. The molecule has 1 aliphatic rings. The third-order valence-electron chi connectivity index (χ3n) is 7.59. The van der Waals surface area contributed by atoms with Gasteiger partial charge in [0.15, 0.2) is 0 Å². The van der Waals surface area contributed by atoms with E-state index in [0.29, 0.717) is 36.5 Å². The average Bonchev–Trinajstić information content (AvgIpc) is 3.39. The smallest absolute Gasteiger partial charge is 0.341 e. The number of halogens is 4. The highest BCUT2D eigenvalue weighted by Gasteiger charge is 2.31. The van der Waals surface area contributed by atoms with E-state index in [-0.39, 0.29) is 23.0 Å². The van der Waals surface area contributed by atoms with E-state index >= 15 is 0 Å². The summed E-state index contributed by atoms with van der Waals surface area (Å²) in [5, 5.41) is 3.44. The fourth-order valence-electron chi connectivity index (χ4n) is 5.56.